The number of azo groups is 1. The van der Waals surface area contributed by atoms with Gasteiger partial charge < -0.3 is 0 Å². The summed E-state index contributed by atoms with van der Waals surface area (Å²) >= 11 is 0. The summed E-state index contributed by atoms with van der Waals surface area (Å²) < 4.78 is 3.39. The monoisotopic (exact) mass is 218 g/mol. The summed E-state index contributed by atoms with van der Waals surface area (Å²) in [5.74, 6) is 1.47. The maximum Gasteiger partial charge on any atom is 0.173 e. The van der Waals surface area contributed by atoms with Crippen molar-refractivity contribution in [2.75, 3.05) is 0 Å². The van der Waals surface area contributed by atoms with Crippen molar-refractivity contribution in [3.8, 4) is 0 Å². The van der Waals surface area contributed by atoms with Crippen LogP contribution in [0.2, 0.25) is 0 Å². The van der Waals surface area contributed by atoms with Crippen molar-refractivity contribution in [2.24, 2.45) is 24.3 Å². The number of hydrogen-bond acceptors (Lipinski definition) is 4. The fraction of sp³-hybridized carbons (Fsp3) is 0.400. The summed E-state index contributed by atoms with van der Waals surface area (Å²) in [5.41, 5.74) is 1.86. The van der Waals surface area contributed by atoms with E-state index in [1.807, 2.05) is 40.1 Å². The zero-order valence-corrected chi connectivity index (χ0v) is 9.84. The van der Waals surface area contributed by atoms with Crippen LogP contribution in [0.3, 0.4) is 0 Å². The molecule has 0 aliphatic heterocycles. The molecule has 0 spiro atoms. The van der Waals surface area contributed by atoms with Crippen LogP contribution in [-0.2, 0) is 14.1 Å². The first-order chi connectivity index (χ1) is 7.56. The Bertz CT molecular complexity index is 485. The van der Waals surface area contributed by atoms with E-state index >= 15 is 0 Å². The summed E-state index contributed by atoms with van der Waals surface area (Å²) in [7, 11) is 3.69. The van der Waals surface area contributed by atoms with Crippen LogP contribution in [0.5, 0.6) is 0 Å². The van der Waals surface area contributed by atoms with E-state index in [0.717, 1.165) is 23.0 Å². The van der Waals surface area contributed by atoms with Crippen molar-refractivity contribution in [3.05, 3.63) is 23.5 Å². The van der Waals surface area contributed by atoms with Gasteiger partial charge in [-0.2, -0.15) is 10.2 Å². The molecule has 2 rings (SSSR count). The van der Waals surface area contributed by atoms with Gasteiger partial charge in [0.15, 0.2) is 11.6 Å². The van der Waals surface area contributed by atoms with Gasteiger partial charge >= 0.3 is 0 Å². The molecule has 0 atom stereocenters. The molecule has 0 unspecified atom stereocenters. The SMILES string of the molecule is Cc1cc(N=Nc2cc(C)nn2C)n(C)n1. The highest BCUT2D eigenvalue weighted by molar-refractivity contribution is 5.32. The normalized spacial score (nSPS) is 11.5. The van der Waals surface area contributed by atoms with Crippen molar-refractivity contribution >= 4 is 11.6 Å². The topological polar surface area (TPSA) is 60.4 Å². The highest BCUT2D eigenvalue weighted by Gasteiger charge is 2.02. The Morgan fingerprint density at radius 1 is 0.875 bits per heavy atom. The van der Waals surface area contributed by atoms with Crippen molar-refractivity contribution in [3.63, 3.8) is 0 Å². The van der Waals surface area contributed by atoms with Gasteiger partial charge in [0.25, 0.3) is 0 Å². The van der Waals surface area contributed by atoms with Gasteiger partial charge in [0, 0.05) is 26.2 Å². The van der Waals surface area contributed by atoms with E-state index < -0.39 is 0 Å². The van der Waals surface area contributed by atoms with E-state index in [1.165, 1.54) is 0 Å². The van der Waals surface area contributed by atoms with Gasteiger partial charge in [0.2, 0.25) is 0 Å². The quantitative estimate of drug-likeness (QED) is 0.725. The smallest absolute Gasteiger partial charge is 0.173 e. The zero-order valence-electron chi connectivity index (χ0n) is 9.84. The van der Waals surface area contributed by atoms with Crippen LogP contribution in [0.1, 0.15) is 11.4 Å². The second-order valence-corrected chi connectivity index (χ2v) is 3.74. The third-order valence-electron chi connectivity index (χ3n) is 2.21. The van der Waals surface area contributed by atoms with Crippen LogP contribution in [0.4, 0.5) is 11.6 Å². The predicted octanol–water partition coefficient (Wildman–Crippen LogP) is 2.19. The molecule has 0 aliphatic rings. The number of nitrogens with zero attached hydrogens (tertiary/aromatic N) is 6. The van der Waals surface area contributed by atoms with Crippen molar-refractivity contribution in [2.45, 2.75) is 13.8 Å². The summed E-state index contributed by atoms with van der Waals surface area (Å²) in [6.45, 7) is 3.85. The third-order valence-corrected chi connectivity index (χ3v) is 2.21. The Morgan fingerprint density at radius 3 is 1.50 bits per heavy atom. The van der Waals surface area contributed by atoms with E-state index in [0.29, 0.717) is 0 Å². The summed E-state index contributed by atoms with van der Waals surface area (Å²) in [5, 5.41) is 16.7. The molecule has 0 fully saturated rings. The standard InChI is InChI=1S/C10H14N6/c1-7-5-9(15(3)13-7)11-12-10-6-8(2)14-16(10)4/h5-6H,1-4H3. The number of aryl methyl sites for hydroxylation is 4. The minimum absolute atomic E-state index is 0.733. The molecule has 0 aromatic carbocycles. The van der Waals surface area contributed by atoms with Crippen molar-refractivity contribution in [1.82, 2.24) is 19.6 Å². The van der Waals surface area contributed by atoms with Gasteiger partial charge in [-0.05, 0) is 13.8 Å². The number of hydrogen-bond donors (Lipinski definition) is 0. The molecule has 2 aromatic heterocycles. The van der Waals surface area contributed by atoms with E-state index in [2.05, 4.69) is 20.4 Å². The van der Waals surface area contributed by atoms with Crippen LogP contribution in [0, 0.1) is 13.8 Å². The Labute approximate surface area is 93.6 Å². The first kappa shape index (κ1) is 10.5. The van der Waals surface area contributed by atoms with Crippen LogP contribution in [0.25, 0.3) is 0 Å². The van der Waals surface area contributed by atoms with Crippen LogP contribution in [0.15, 0.2) is 22.4 Å². The molecule has 2 aromatic rings. The van der Waals surface area contributed by atoms with E-state index in [4.69, 9.17) is 0 Å². The molecule has 0 amide bonds. The average Bonchev–Trinajstić information content (AvgIpc) is 2.66. The Hall–Kier alpha value is -1.98. The molecule has 2 heterocycles. The summed E-state index contributed by atoms with van der Waals surface area (Å²) in [6.07, 6.45) is 0. The Kier molecular flexibility index (Phi) is 2.55. The highest BCUT2D eigenvalue weighted by Crippen LogP contribution is 2.18. The molecule has 0 bridgehead atoms. The fourth-order valence-electron chi connectivity index (χ4n) is 1.48. The minimum atomic E-state index is 0.733. The molecule has 0 radical (unpaired) electrons. The largest absolute Gasteiger partial charge is 0.249 e. The lowest BCUT2D eigenvalue weighted by Crippen LogP contribution is -1.90. The van der Waals surface area contributed by atoms with Gasteiger partial charge in [-0.15, -0.1) is 10.2 Å². The lowest BCUT2D eigenvalue weighted by Gasteiger charge is -1.93. The zero-order chi connectivity index (χ0) is 11.7. The van der Waals surface area contributed by atoms with E-state index in [9.17, 15) is 0 Å². The van der Waals surface area contributed by atoms with Crippen LogP contribution in [-0.4, -0.2) is 19.6 Å². The Morgan fingerprint density at radius 2 is 1.25 bits per heavy atom. The maximum absolute atomic E-state index is 4.19. The van der Waals surface area contributed by atoms with Gasteiger partial charge in [-0.3, -0.25) is 0 Å². The summed E-state index contributed by atoms with van der Waals surface area (Å²) in [6, 6.07) is 3.76. The molecule has 6 heteroatoms. The van der Waals surface area contributed by atoms with Gasteiger partial charge in [0.05, 0.1) is 11.4 Å². The Balaban J connectivity index is 2.27. The predicted molar refractivity (Wildman–Crippen MR) is 60.1 cm³/mol. The lowest BCUT2D eigenvalue weighted by atomic mass is 10.5. The van der Waals surface area contributed by atoms with Crippen molar-refractivity contribution < 1.29 is 0 Å². The van der Waals surface area contributed by atoms with Gasteiger partial charge in [-0.1, -0.05) is 0 Å². The molecule has 6 nitrogen and oxygen atoms in total. The van der Waals surface area contributed by atoms with Crippen molar-refractivity contribution in [1.29, 1.82) is 0 Å². The third kappa shape index (κ3) is 2.00. The average molecular weight is 218 g/mol. The van der Waals surface area contributed by atoms with E-state index in [1.54, 1.807) is 9.36 Å². The molecular formula is C10H14N6. The first-order valence-corrected chi connectivity index (χ1v) is 4.99. The molecule has 84 valence electrons. The van der Waals surface area contributed by atoms with E-state index in [-0.39, 0.29) is 0 Å². The fourth-order valence-corrected chi connectivity index (χ4v) is 1.48. The number of aromatic nitrogens is 4. The molecular weight excluding hydrogens is 204 g/mol. The molecule has 0 aliphatic carbocycles. The maximum atomic E-state index is 4.19. The second kappa shape index (κ2) is 3.88. The molecule has 0 saturated carbocycles. The summed E-state index contributed by atoms with van der Waals surface area (Å²) in [4.78, 5) is 0. The van der Waals surface area contributed by atoms with Gasteiger partial charge in [0.1, 0.15) is 0 Å². The minimum Gasteiger partial charge on any atom is -0.249 e. The second-order valence-electron chi connectivity index (χ2n) is 3.74. The van der Waals surface area contributed by atoms with Gasteiger partial charge in [-0.25, -0.2) is 9.36 Å². The molecule has 16 heavy (non-hydrogen) atoms. The highest BCUT2D eigenvalue weighted by atomic mass is 15.4. The number of rotatable bonds is 2. The van der Waals surface area contributed by atoms with Crippen LogP contribution >= 0.6 is 0 Å². The lowest BCUT2D eigenvalue weighted by molar-refractivity contribution is 0.739. The van der Waals surface area contributed by atoms with Crippen LogP contribution < -0.4 is 0 Å². The molecule has 0 saturated heterocycles. The first-order valence-electron chi connectivity index (χ1n) is 4.99. The molecule has 0 N–H and O–H groups in total.